The van der Waals surface area contributed by atoms with E-state index in [1.165, 1.54) is 7.11 Å². The lowest BCUT2D eigenvalue weighted by molar-refractivity contribution is 0.0654. The molecule has 0 aliphatic carbocycles. The average Bonchev–Trinajstić information content (AvgIpc) is 2.90. The van der Waals surface area contributed by atoms with Crippen LogP contribution in [0.1, 0.15) is 38.5 Å². The molecule has 0 N–H and O–H groups in total. The molecule has 2 aromatic rings. The molecule has 0 fully saturated rings. The lowest BCUT2D eigenvalue weighted by Gasteiger charge is -2.22. The zero-order valence-electron chi connectivity index (χ0n) is 15.8. The Labute approximate surface area is 163 Å². The highest BCUT2D eigenvalue weighted by Gasteiger charge is 2.39. The van der Waals surface area contributed by atoms with Gasteiger partial charge in [0.25, 0.3) is 11.8 Å². The Kier molecular flexibility index (Phi) is 5.42. The third kappa shape index (κ3) is 3.60. The first kappa shape index (κ1) is 19.9. The van der Waals surface area contributed by atoms with Crippen LogP contribution in [-0.2, 0) is 9.84 Å². The van der Waals surface area contributed by atoms with Crippen molar-refractivity contribution in [3.05, 3.63) is 59.2 Å². The fourth-order valence-corrected chi connectivity index (χ4v) is 4.28. The lowest BCUT2D eigenvalue weighted by Crippen LogP contribution is -2.36. The van der Waals surface area contributed by atoms with Gasteiger partial charge in [-0.2, -0.15) is 0 Å². The Morgan fingerprint density at radius 1 is 1.00 bits per heavy atom. The van der Waals surface area contributed by atoms with Crippen molar-refractivity contribution >= 4 is 21.7 Å². The average molecular weight is 403 g/mol. The normalized spacial score (nSPS) is 14.8. The predicted molar refractivity (Wildman–Crippen MR) is 104 cm³/mol. The van der Waals surface area contributed by atoms with Crippen LogP contribution >= 0.6 is 0 Å². The lowest BCUT2D eigenvalue weighted by atomic mass is 10.1. The molecule has 0 saturated carbocycles. The Bertz CT molecular complexity index is 996. The highest BCUT2D eigenvalue weighted by molar-refractivity contribution is 7.91. The highest BCUT2D eigenvalue weighted by atomic mass is 32.2. The number of fused-ring (bicyclic) bond motifs is 1. The molecule has 148 valence electrons. The second-order valence-electron chi connectivity index (χ2n) is 6.43. The molecular weight excluding hydrogens is 382 g/mol. The number of carbonyl (C=O) groups excluding carboxylic acids is 2. The van der Waals surface area contributed by atoms with Crippen LogP contribution in [0.15, 0.2) is 42.5 Å². The van der Waals surface area contributed by atoms with Gasteiger partial charge in [-0.1, -0.05) is 18.2 Å². The monoisotopic (exact) mass is 403 g/mol. The van der Waals surface area contributed by atoms with Crippen molar-refractivity contribution < 1.29 is 27.5 Å². The van der Waals surface area contributed by atoms with Crippen molar-refractivity contribution in [3.63, 3.8) is 0 Å². The maximum atomic E-state index is 12.6. The Hall–Kier alpha value is -2.87. The van der Waals surface area contributed by atoms with E-state index in [0.29, 0.717) is 23.7 Å². The number of ether oxygens (including phenoxy) is 2. The molecule has 2 aromatic carbocycles. The van der Waals surface area contributed by atoms with E-state index in [9.17, 15) is 18.0 Å². The molecule has 1 aliphatic heterocycles. The summed E-state index contributed by atoms with van der Waals surface area (Å²) in [7, 11) is -2.14. The Balaban J connectivity index is 1.99. The molecule has 0 aromatic heterocycles. The van der Waals surface area contributed by atoms with Gasteiger partial charge >= 0.3 is 0 Å². The van der Waals surface area contributed by atoms with E-state index in [-0.39, 0.29) is 17.7 Å². The summed E-state index contributed by atoms with van der Waals surface area (Å²) >= 11 is 0. The van der Waals surface area contributed by atoms with Gasteiger partial charge in [0.2, 0.25) is 0 Å². The number of hydrogen-bond acceptors (Lipinski definition) is 6. The third-order valence-electron chi connectivity index (χ3n) is 4.60. The number of methoxy groups -OCH3 is 1. The van der Waals surface area contributed by atoms with Crippen LogP contribution in [0.3, 0.4) is 0 Å². The molecule has 2 amide bonds. The minimum Gasteiger partial charge on any atom is -0.493 e. The number of nitrogens with zero attached hydrogens (tertiary/aromatic N) is 1. The Morgan fingerprint density at radius 2 is 1.61 bits per heavy atom. The molecule has 0 radical (unpaired) electrons. The zero-order chi connectivity index (χ0) is 20.5. The van der Waals surface area contributed by atoms with Crippen molar-refractivity contribution in [3.8, 4) is 11.5 Å². The summed E-state index contributed by atoms with van der Waals surface area (Å²) in [5, 5.41) is -1.08. The van der Waals surface area contributed by atoms with Crippen LogP contribution < -0.4 is 9.47 Å². The molecular formula is C20H21NO6S. The van der Waals surface area contributed by atoms with Gasteiger partial charge in [-0.3, -0.25) is 14.5 Å². The van der Waals surface area contributed by atoms with Crippen molar-refractivity contribution in [2.75, 3.05) is 26.5 Å². The molecule has 7 nitrogen and oxygen atoms in total. The number of imide groups is 1. The maximum Gasteiger partial charge on any atom is 0.261 e. The van der Waals surface area contributed by atoms with E-state index in [1.54, 1.807) is 49.4 Å². The molecule has 1 unspecified atom stereocenters. The van der Waals surface area contributed by atoms with Crippen LogP contribution in [0.5, 0.6) is 11.5 Å². The van der Waals surface area contributed by atoms with Crippen LogP contribution in [0.4, 0.5) is 0 Å². The van der Waals surface area contributed by atoms with Crippen LogP contribution in [0, 0.1) is 0 Å². The summed E-state index contributed by atoms with van der Waals surface area (Å²) in [4.78, 5) is 26.3. The van der Waals surface area contributed by atoms with Gasteiger partial charge < -0.3 is 9.47 Å². The molecule has 0 bridgehead atoms. The van der Waals surface area contributed by atoms with E-state index >= 15 is 0 Å². The van der Waals surface area contributed by atoms with Gasteiger partial charge in [0.15, 0.2) is 21.3 Å². The van der Waals surface area contributed by atoms with E-state index in [2.05, 4.69) is 0 Å². The molecule has 1 atom stereocenters. The van der Waals surface area contributed by atoms with Gasteiger partial charge in [0.05, 0.1) is 31.4 Å². The van der Waals surface area contributed by atoms with Crippen LogP contribution in [0.25, 0.3) is 0 Å². The van der Waals surface area contributed by atoms with Gasteiger partial charge in [-0.15, -0.1) is 0 Å². The first-order valence-corrected chi connectivity index (χ1v) is 10.7. The number of benzene rings is 2. The van der Waals surface area contributed by atoms with Crippen molar-refractivity contribution in [1.82, 2.24) is 4.90 Å². The quantitative estimate of drug-likeness (QED) is 0.660. The largest absolute Gasteiger partial charge is 0.493 e. The molecule has 1 heterocycles. The summed E-state index contributed by atoms with van der Waals surface area (Å²) in [6.07, 6.45) is 1.08. The van der Waals surface area contributed by atoms with Gasteiger partial charge in [0.1, 0.15) is 5.25 Å². The van der Waals surface area contributed by atoms with Gasteiger partial charge in [0, 0.05) is 6.26 Å². The van der Waals surface area contributed by atoms with Crippen LogP contribution in [0.2, 0.25) is 0 Å². The topological polar surface area (TPSA) is 90.0 Å². The zero-order valence-corrected chi connectivity index (χ0v) is 16.7. The van der Waals surface area contributed by atoms with E-state index in [1.807, 2.05) is 0 Å². The minimum absolute atomic E-state index is 0.275. The Morgan fingerprint density at radius 3 is 2.11 bits per heavy atom. The fraction of sp³-hybridized carbons (Fsp3) is 0.300. The number of amides is 2. The minimum atomic E-state index is -3.63. The first-order valence-electron chi connectivity index (χ1n) is 8.72. The molecule has 8 heteroatoms. The van der Waals surface area contributed by atoms with Gasteiger partial charge in [-0.05, 0) is 36.8 Å². The third-order valence-corrected chi connectivity index (χ3v) is 6.06. The fourth-order valence-electron chi connectivity index (χ4n) is 3.22. The summed E-state index contributed by atoms with van der Waals surface area (Å²) in [5.41, 5.74) is 0.984. The maximum absolute atomic E-state index is 12.6. The number of sulfone groups is 1. The summed E-state index contributed by atoms with van der Waals surface area (Å²) in [6, 6.07) is 11.2. The predicted octanol–water partition coefficient (Wildman–Crippen LogP) is 2.48. The summed E-state index contributed by atoms with van der Waals surface area (Å²) in [6.45, 7) is 1.91. The van der Waals surface area contributed by atoms with E-state index < -0.39 is 26.9 Å². The number of hydrogen-bond donors (Lipinski definition) is 0. The number of rotatable bonds is 7. The van der Waals surface area contributed by atoms with E-state index in [0.717, 1.165) is 11.2 Å². The SMILES string of the molecule is CCOc1cc(C(CN2C(=O)c3ccccc3C2=O)S(C)(=O)=O)ccc1OC. The number of carbonyl (C=O) groups is 2. The first-order chi connectivity index (χ1) is 13.3. The smallest absolute Gasteiger partial charge is 0.261 e. The van der Waals surface area contributed by atoms with Crippen molar-refractivity contribution in [1.29, 1.82) is 0 Å². The van der Waals surface area contributed by atoms with Crippen molar-refractivity contribution in [2.24, 2.45) is 0 Å². The van der Waals surface area contributed by atoms with Gasteiger partial charge in [-0.25, -0.2) is 8.42 Å². The molecule has 3 rings (SSSR count). The summed E-state index contributed by atoms with van der Waals surface area (Å²) in [5.74, 6) is -0.113. The molecule has 0 saturated heterocycles. The standard InChI is InChI=1S/C20H21NO6S/c1-4-27-17-11-13(9-10-16(17)26-2)18(28(3,24)25)12-21-19(22)14-7-5-6-8-15(14)20(21)23/h5-11,18H,4,12H2,1-3H3. The summed E-state index contributed by atoms with van der Waals surface area (Å²) < 4.78 is 35.8. The molecule has 28 heavy (non-hydrogen) atoms. The molecule has 1 aliphatic rings. The van der Waals surface area contributed by atoms with Crippen LogP contribution in [-0.4, -0.2) is 51.6 Å². The molecule has 0 spiro atoms. The second-order valence-corrected chi connectivity index (χ2v) is 8.66. The van der Waals surface area contributed by atoms with E-state index in [4.69, 9.17) is 9.47 Å². The van der Waals surface area contributed by atoms with Crippen molar-refractivity contribution in [2.45, 2.75) is 12.2 Å². The second kappa shape index (κ2) is 7.63. The highest BCUT2D eigenvalue weighted by Crippen LogP contribution is 2.34.